The quantitative estimate of drug-likeness (QED) is 0.645. The van der Waals surface area contributed by atoms with Crippen molar-refractivity contribution in [3.8, 4) is 0 Å². The maximum absolute atomic E-state index is 12.0. The predicted molar refractivity (Wildman–Crippen MR) is 109 cm³/mol. The van der Waals surface area contributed by atoms with E-state index in [1.54, 1.807) is 31.2 Å². The van der Waals surface area contributed by atoms with Gasteiger partial charge in [-0.3, -0.25) is 14.9 Å². The van der Waals surface area contributed by atoms with Crippen molar-refractivity contribution >= 4 is 34.6 Å². The molecule has 0 fully saturated rings. The summed E-state index contributed by atoms with van der Waals surface area (Å²) in [6.45, 7) is 3.63. The molecule has 2 aromatic rings. The maximum Gasteiger partial charge on any atom is 0.411 e. The van der Waals surface area contributed by atoms with Crippen molar-refractivity contribution in [3.63, 3.8) is 0 Å². The second-order valence-electron chi connectivity index (χ2n) is 5.92. The summed E-state index contributed by atoms with van der Waals surface area (Å²) in [5.74, 6) is -0.373. The van der Waals surface area contributed by atoms with Gasteiger partial charge in [0.25, 0.3) is 0 Å². The Labute approximate surface area is 168 Å². The fourth-order valence-corrected chi connectivity index (χ4v) is 3.40. The molecule has 2 aromatic carbocycles. The van der Waals surface area contributed by atoms with E-state index in [2.05, 4.69) is 5.32 Å². The molecule has 0 saturated carbocycles. The SMILES string of the molecule is CCOC(=O)CC(SC(C)=O)c1cccc(NC(=O)OCc2ccccc2)c1. The molecule has 1 unspecified atom stereocenters. The van der Waals surface area contributed by atoms with E-state index in [0.717, 1.165) is 22.9 Å². The van der Waals surface area contributed by atoms with Crippen LogP contribution in [0.4, 0.5) is 10.5 Å². The number of carbonyl (C=O) groups is 3. The van der Waals surface area contributed by atoms with E-state index in [-0.39, 0.29) is 30.7 Å². The maximum atomic E-state index is 12.0. The first-order chi connectivity index (χ1) is 13.5. The van der Waals surface area contributed by atoms with Gasteiger partial charge in [0.05, 0.1) is 13.0 Å². The van der Waals surface area contributed by atoms with Gasteiger partial charge in [0.15, 0.2) is 5.12 Å². The molecule has 0 radical (unpaired) electrons. The van der Waals surface area contributed by atoms with Crippen LogP contribution in [0.15, 0.2) is 54.6 Å². The fraction of sp³-hybridized carbons (Fsp3) is 0.286. The third-order valence-electron chi connectivity index (χ3n) is 3.68. The van der Waals surface area contributed by atoms with Gasteiger partial charge < -0.3 is 9.47 Å². The number of carbonyl (C=O) groups excluding carboxylic acids is 3. The second kappa shape index (κ2) is 11.1. The second-order valence-corrected chi connectivity index (χ2v) is 7.30. The number of benzene rings is 2. The lowest BCUT2D eigenvalue weighted by Crippen LogP contribution is -2.14. The Morgan fingerprint density at radius 2 is 1.79 bits per heavy atom. The van der Waals surface area contributed by atoms with Crippen LogP contribution >= 0.6 is 11.8 Å². The Morgan fingerprint density at radius 1 is 1.04 bits per heavy atom. The van der Waals surface area contributed by atoms with Crippen LogP contribution in [0.2, 0.25) is 0 Å². The summed E-state index contributed by atoms with van der Waals surface area (Å²) in [6, 6.07) is 16.4. The molecular weight excluding hydrogens is 378 g/mol. The first kappa shape index (κ1) is 21.5. The van der Waals surface area contributed by atoms with Crippen molar-refractivity contribution in [2.24, 2.45) is 0 Å². The molecule has 1 amide bonds. The average Bonchev–Trinajstić information content (AvgIpc) is 2.67. The monoisotopic (exact) mass is 401 g/mol. The fourth-order valence-electron chi connectivity index (χ4n) is 2.49. The van der Waals surface area contributed by atoms with Crippen LogP contribution in [0.3, 0.4) is 0 Å². The van der Waals surface area contributed by atoms with Gasteiger partial charge in [0.2, 0.25) is 0 Å². The zero-order chi connectivity index (χ0) is 20.4. The van der Waals surface area contributed by atoms with E-state index >= 15 is 0 Å². The molecule has 6 nitrogen and oxygen atoms in total. The van der Waals surface area contributed by atoms with Crippen LogP contribution in [0.1, 0.15) is 36.6 Å². The molecule has 0 aromatic heterocycles. The number of rotatable bonds is 8. The number of hydrogen-bond donors (Lipinski definition) is 1. The van der Waals surface area contributed by atoms with Gasteiger partial charge in [-0.25, -0.2) is 4.79 Å². The van der Waals surface area contributed by atoms with Gasteiger partial charge in [-0.2, -0.15) is 0 Å². The average molecular weight is 401 g/mol. The van der Waals surface area contributed by atoms with Crippen LogP contribution in [-0.2, 0) is 25.7 Å². The number of hydrogen-bond acceptors (Lipinski definition) is 6. The summed E-state index contributed by atoms with van der Waals surface area (Å²) < 4.78 is 10.2. The van der Waals surface area contributed by atoms with E-state index < -0.39 is 11.3 Å². The summed E-state index contributed by atoms with van der Waals surface area (Å²) in [7, 11) is 0. The molecule has 0 bridgehead atoms. The normalized spacial score (nSPS) is 11.4. The summed E-state index contributed by atoms with van der Waals surface area (Å²) in [5, 5.41) is 2.18. The van der Waals surface area contributed by atoms with Crippen molar-refractivity contribution in [3.05, 3.63) is 65.7 Å². The van der Waals surface area contributed by atoms with Crippen LogP contribution in [0, 0.1) is 0 Å². The van der Waals surface area contributed by atoms with Crippen molar-refractivity contribution in [1.82, 2.24) is 0 Å². The summed E-state index contributed by atoms with van der Waals surface area (Å²) in [6.07, 6.45) is -0.512. The first-order valence-electron chi connectivity index (χ1n) is 8.88. The lowest BCUT2D eigenvalue weighted by atomic mass is 10.1. The van der Waals surface area contributed by atoms with Gasteiger partial charge in [0.1, 0.15) is 6.61 Å². The Bertz CT molecular complexity index is 809. The molecule has 0 spiro atoms. The van der Waals surface area contributed by atoms with E-state index in [9.17, 15) is 14.4 Å². The number of ether oxygens (including phenoxy) is 2. The standard InChI is InChI=1S/C21H23NO5S/c1-3-26-20(24)13-19(28-15(2)23)17-10-7-11-18(12-17)22-21(25)27-14-16-8-5-4-6-9-16/h4-12,19H,3,13-14H2,1-2H3,(H,22,25). The van der Waals surface area contributed by atoms with E-state index in [0.29, 0.717) is 5.69 Å². The minimum absolute atomic E-state index is 0.0694. The highest BCUT2D eigenvalue weighted by molar-refractivity contribution is 8.13. The molecule has 0 saturated heterocycles. The Morgan fingerprint density at radius 3 is 2.46 bits per heavy atom. The number of thioether (sulfide) groups is 1. The number of anilines is 1. The van der Waals surface area contributed by atoms with Gasteiger partial charge in [-0.15, -0.1) is 0 Å². The molecule has 1 N–H and O–H groups in total. The summed E-state index contributed by atoms with van der Waals surface area (Å²) >= 11 is 1.06. The third kappa shape index (κ3) is 7.44. The van der Waals surface area contributed by atoms with E-state index in [1.165, 1.54) is 6.92 Å². The van der Waals surface area contributed by atoms with Crippen LogP contribution < -0.4 is 5.32 Å². The predicted octanol–water partition coefficient (Wildman–Crippen LogP) is 4.71. The lowest BCUT2D eigenvalue weighted by Gasteiger charge is -2.16. The van der Waals surface area contributed by atoms with Gasteiger partial charge in [-0.1, -0.05) is 54.2 Å². The van der Waals surface area contributed by atoms with Crippen molar-refractivity contribution < 1.29 is 23.9 Å². The van der Waals surface area contributed by atoms with Crippen molar-refractivity contribution in [1.29, 1.82) is 0 Å². The minimum atomic E-state index is -0.581. The molecule has 2 rings (SSSR count). The smallest absolute Gasteiger partial charge is 0.411 e. The number of amides is 1. The van der Waals surface area contributed by atoms with Crippen LogP contribution in [-0.4, -0.2) is 23.8 Å². The zero-order valence-electron chi connectivity index (χ0n) is 15.8. The topological polar surface area (TPSA) is 81.7 Å². The molecule has 148 valence electrons. The molecule has 0 heterocycles. The lowest BCUT2D eigenvalue weighted by molar-refractivity contribution is -0.143. The largest absolute Gasteiger partial charge is 0.466 e. The minimum Gasteiger partial charge on any atom is -0.466 e. The molecule has 0 aliphatic carbocycles. The molecule has 1 atom stereocenters. The molecule has 7 heteroatoms. The Balaban J connectivity index is 2.02. The van der Waals surface area contributed by atoms with E-state index in [1.807, 2.05) is 30.3 Å². The highest BCUT2D eigenvalue weighted by Crippen LogP contribution is 2.34. The number of esters is 1. The summed E-state index contributed by atoms with van der Waals surface area (Å²) in [4.78, 5) is 35.5. The van der Waals surface area contributed by atoms with Crippen molar-refractivity contribution in [2.45, 2.75) is 32.1 Å². The van der Waals surface area contributed by atoms with E-state index in [4.69, 9.17) is 9.47 Å². The number of nitrogens with one attached hydrogen (secondary N) is 1. The third-order valence-corrected chi connectivity index (χ3v) is 4.74. The van der Waals surface area contributed by atoms with Crippen LogP contribution in [0.25, 0.3) is 0 Å². The molecular formula is C21H23NO5S. The first-order valence-corrected chi connectivity index (χ1v) is 9.76. The zero-order valence-corrected chi connectivity index (χ0v) is 16.7. The Hall–Kier alpha value is -2.80. The van der Waals surface area contributed by atoms with Crippen molar-refractivity contribution in [2.75, 3.05) is 11.9 Å². The summed E-state index contributed by atoms with van der Waals surface area (Å²) in [5.41, 5.74) is 2.15. The highest BCUT2D eigenvalue weighted by atomic mass is 32.2. The van der Waals surface area contributed by atoms with Gasteiger partial charge >= 0.3 is 12.1 Å². The van der Waals surface area contributed by atoms with Gasteiger partial charge in [-0.05, 0) is 30.2 Å². The van der Waals surface area contributed by atoms with Gasteiger partial charge in [0, 0.05) is 17.9 Å². The Kier molecular flexibility index (Phi) is 8.55. The van der Waals surface area contributed by atoms with Crippen LogP contribution in [0.5, 0.6) is 0 Å². The highest BCUT2D eigenvalue weighted by Gasteiger charge is 2.20. The molecule has 28 heavy (non-hydrogen) atoms. The molecule has 0 aliphatic heterocycles. The molecule has 0 aliphatic rings.